The molecule has 0 aliphatic carbocycles. The van der Waals surface area contributed by atoms with Gasteiger partial charge in [0.1, 0.15) is 0 Å². The van der Waals surface area contributed by atoms with Gasteiger partial charge in [0.05, 0.1) is 22.9 Å². The van der Waals surface area contributed by atoms with Crippen molar-refractivity contribution in [3.8, 4) is 0 Å². The highest BCUT2D eigenvalue weighted by atomic mass is 32.1. The monoisotopic (exact) mass is 236 g/mol. The molecule has 1 unspecified atom stereocenters. The molecule has 0 spiro atoms. The molecule has 16 heavy (non-hydrogen) atoms. The summed E-state index contributed by atoms with van der Waals surface area (Å²) in [6, 6.07) is 0.194. The Morgan fingerprint density at radius 2 is 2.19 bits per heavy atom. The molecule has 0 saturated heterocycles. The number of aromatic nitrogens is 3. The first kappa shape index (κ1) is 11.3. The molecule has 0 radical (unpaired) electrons. The van der Waals surface area contributed by atoms with E-state index in [2.05, 4.69) is 22.3 Å². The second kappa shape index (κ2) is 4.35. The van der Waals surface area contributed by atoms with E-state index in [4.69, 9.17) is 0 Å². The molecule has 0 aromatic carbocycles. The van der Waals surface area contributed by atoms with E-state index in [-0.39, 0.29) is 6.04 Å². The lowest BCUT2D eigenvalue weighted by Crippen LogP contribution is -2.16. The van der Waals surface area contributed by atoms with Crippen molar-refractivity contribution in [1.82, 2.24) is 20.1 Å². The number of nitrogens with zero attached hydrogens (tertiary/aromatic N) is 3. The maximum absolute atomic E-state index is 4.46. The SMILES string of the molecule is CNC(c1cnn(C)c1)c1sc(C)nc1C. The van der Waals surface area contributed by atoms with Gasteiger partial charge in [0, 0.05) is 23.7 Å². The maximum Gasteiger partial charge on any atom is 0.0900 e. The summed E-state index contributed by atoms with van der Waals surface area (Å²) in [6.45, 7) is 4.09. The predicted octanol–water partition coefficient (Wildman–Crippen LogP) is 1.80. The van der Waals surface area contributed by atoms with Gasteiger partial charge >= 0.3 is 0 Å². The van der Waals surface area contributed by atoms with E-state index in [1.165, 1.54) is 10.4 Å². The van der Waals surface area contributed by atoms with Crippen molar-refractivity contribution in [3.63, 3.8) is 0 Å². The zero-order valence-electron chi connectivity index (χ0n) is 9.98. The molecule has 0 fully saturated rings. The van der Waals surface area contributed by atoms with Crippen LogP contribution in [0.4, 0.5) is 0 Å². The first-order valence-corrected chi connectivity index (χ1v) is 6.03. The molecule has 5 heteroatoms. The lowest BCUT2D eigenvalue weighted by Gasteiger charge is -2.12. The van der Waals surface area contributed by atoms with Crippen LogP contribution in [0.3, 0.4) is 0 Å². The molecule has 0 amide bonds. The van der Waals surface area contributed by atoms with Gasteiger partial charge < -0.3 is 5.32 Å². The Morgan fingerprint density at radius 1 is 1.44 bits per heavy atom. The van der Waals surface area contributed by atoms with Crippen molar-refractivity contribution < 1.29 is 0 Å². The van der Waals surface area contributed by atoms with Crippen LogP contribution in [-0.4, -0.2) is 21.8 Å². The van der Waals surface area contributed by atoms with Gasteiger partial charge in [-0.1, -0.05) is 0 Å². The zero-order chi connectivity index (χ0) is 11.7. The van der Waals surface area contributed by atoms with E-state index >= 15 is 0 Å². The molecule has 4 nitrogen and oxygen atoms in total. The minimum absolute atomic E-state index is 0.194. The Hall–Kier alpha value is -1.20. The number of thiazole rings is 1. The van der Waals surface area contributed by atoms with Gasteiger partial charge in [-0.15, -0.1) is 11.3 Å². The van der Waals surface area contributed by atoms with Gasteiger partial charge in [-0.05, 0) is 20.9 Å². The molecule has 0 saturated carbocycles. The standard InChI is InChI=1S/C11H16N4S/c1-7-11(16-8(2)14-7)10(12-3)9-5-13-15(4)6-9/h5-6,10,12H,1-4H3. The zero-order valence-corrected chi connectivity index (χ0v) is 10.8. The highest BCUT2D eigenvalue weighted by Gasteiger charge is 2.18. The Morgan fingerprint density at radius 3 is 2.62 bits per heavy atom. The highest BCUT2D eigenvalue weighted by Crippen LogP contribution is 2.29. The number of aryl methyl sites for hydroxylation is 3. The van der Waals surface area contributed by atoms with E-state index in [0.717, 1.165) is 10.7 Å². The third kappa shape index (κ3) is 2.01. The summed E-state index contributed by atoms with van der Waals surface area (Å²) >= 11 is 1.74. The minimum Gasteiger partial charge on any atom is -0.309 e. The molecular formula is C11H16N4S. The number of hydrogen-bond donors (Lipinski definition) is 1. The molecule has 86 valence electrons. The Kier molecular flexibility index (Phi) is 3.07. The molecule has 2 aromatic heterocycles. The summed E-state index contributed by atoms with van der Waals surface area (Å²) in [6.07, 6.45) is 3.94. The maximum atomic E-state index is 4.46. The van der Waals surface area contributed by atoms with Crippen molar-refractivity contribution in [2.45, 2.75) is 19.9 Å². The molecule has 2 aromatic rings. The first-order valence-electron chi connectivity index (χ1n) is 5.21. The molecule has 0 bridgehead atoms. The van der Waals surface area contributed by atoms with Crippen LogP contribution in [0.25, 0.3) is 0 Å². The fourth-order valence-electron chi connectivity index (χ4n) is 1.85. The van der Waals surface area contributed by atoms with E-state index in [0.29, 0.717) is 0 Å². The summed E-state index contributed by atoms with van der Waals surface area (Å²) in [5.41, 5.74) is 2.28. The third-order valence-corrected chi connectivity index (χ3v) is 3.69. The first-order chi connectivity index (χ1) is 7.61. The predicted molar refractivity (Wildman–Crippen MR) is 65.7 cm³/mol. The van der Waals surface area contributed by atoms with Gasteiger partial charge in [0.15, 0.2) is 0 Å². The van der Waals surface area contributed by atoms with Crippen molar-refractivity contribution in [3.05, 3.63) is 33.5 Å². The van der Waals surface area contributed by atoms with Crippen LogP contribution in [0, 0.1) is 13.8 Å². The number of nitrogens with one attached hydrogen (secondary N) is 1. The normalized spacial score (nSPS) is 13.0. The van der Waals surface area contributed by atoms with E-state index in [1.807, 2.05) is 38.1 Å². The van der Waals surface area contributed by atoms with Gasteiger partial charge in [0.2, 0.25) is 0 Å². The second-order valence-electron chi connectivity index (χ2n) is 3.85. The average molecular weight is 236 g/mol. The molecule has 0 aliphatic heterocycles. The summed E-state index contributed by atoms with van der Waals surface area (Å²) in [7, 11) is 3.90. The van der Waals surface area contributed by atoms with Gasteiger partial charge in [0.25, 0.3) is 0 Å². The largest absolute Gasteiger partial charge is 0.309 e. The summed E-state index contributed by atoms with van der Waals surface area (Å²) in [5.74, 6) is 0. The lowest BCUT2D eigenvalue weighted by atomic mass is 10.1. The number of hydrogen-bond acceptors (Lipinski definition) is 4. The van der Waals surface area contributed by atoms with Crippen LogP contribution in [0.5, 0.6) is 0 Å². The Labute approximate surface area is 99.3 Å². The van der Waals surface area contributed by atoms with Gasteiger partial charge in [-0.25, -0.2) is 4.98 Å². The summed E-state index contributed by atoms with van der Waals surface area (Å²) in [5, 5.41) is 8.64. The molecule has 2 heterocycles. The average Bonchev–Trinajstić information content (AvgIpc) is 2.76. The topological polar surface area (TPSA) is 42.7 Å². The second-order valence-corrected chi connectivity index (χ2v) is 5.09. The smallest absolute Gasteiger partial charge is 0.0900 e. The fraction of sp³-hybridized carbons (Fsp3) is 0.455. The summed E-state index contributed by atoms with van der Waals surface area (Å²) < 4.78 is 1.82. The van der Waals surface area contributed by atoms with Crippen molar-refractivity contribution in [2.75, 3.05) is 7.05 Å². The molecule has 1 atom stereocenters. The van der Waals surface area contributed by atoms with Crippen LogP contribution < -0.4 is 5.32 Å². The van der Waals surface area contributed by atoms with Crippen LogP contribution in [0.2, 0.25) is 0 Å². The molecule has 0 aliphatic rings. The molecule has 1 N–H and O–H groups in total. The van der Waals surface area contributed by atoms with Crippen LogP contribution in [0.15, 0.2) is 12.4 Å². The Balaban J connectivity index is 2.40. The summed E-state index contributed by atoms with van der Waals surface area (Å²) in [4.78, 5) is 5.73. The van der Waals surface area contributed by atoms with Gasteiger partial charge in [-0.3, -0.25) is 4.68 Å². The third-order valence-electron chi connectivity index (χ3n) is 2.55. The van der Waals surface area contributed by atoms with Crippen LogP contribution in [-0.2, 0) is 7.05 Å². The fourth-order valence-corrected chi connectivity index (χ4v) is 2.92. The van der Waals surface area contributed by atoms with E-state index in [1.54, 1.807) is 11.3 Å². The van der Waals surface area contributed by atoms with E-state index < -0.39 is 0 Å². The number of rotatable bonds is 3. The van der Waals surface area contributed by atoms with Gasteiger partial charge in [-0.2, -0.15) is 5.10 Å². The van der Waals surface area contributed by atoms with Crippen molar-refractivity contribution in [1.29, 1.82) is 0 Å². The van der Waals surface area contributed by atoms with E-state index in [9.17, 15) is 0 Å². The quantitative estimate of drug-likeness (QED) is 0.883. The van der Waals surface area contributed by atoms with Crippen LogP contribution in [0.1, 0.15) is 27.2 Å². The highest BCUT2D eigenvalue weighted by molar-refractivity contribution is 7.11. The minimum atomic E-state index is 0.194. The molecular weight excluding hydrogens is 220 g/mol. The lowest BCUT2D eigenvalue weighted by molar-refractivity contribution is 0.695. The Bertz CT molecular complexity index is 486. The molecule has 2 rings (SSSR count). The van der Waals surface area contributed by atoms with Crippen molar-refractivity contribution in [2.24, 2.45) is 7.05 Å². The van der Waals surface area contributed by atoms with Crippen molar-refractivity contribution >= 4 is 11.3 Å². The van der Waals surface area contributed by atoms with Crippen LogP contribution >= 0.6 is 11.3 Å².